The Balaban J connectivity index is 1.29. The molecular formula is C23H21FN4O. The Hall–Kier alpha value is -3.04. The lowest BCUT2D eigenvalue weighted by molar-refractivity contribution is 0.211. The number of hydrogen-bond acceptors (Lipinski definition) is 5. The summed E-state index contributed by atoms with van der Waals surface area (Å²) in [5.41, 5.74) is 1.74. The number of halogens is 1. The molecule has 1 heterocycles. The highest BCUT2D eigenvalue weighted by molar-refractivity contribution is 5.56. The Morgan fingerprint density at radius 2 is 2.03 bits per heavy atom. The molecule has 146 valence electrons. The zero-order valence-electron chi connectivity index (χ0n) is 15.9. The maximum Gasteiger partial charge on any atom is 0.260 e. The van der Waals surface area contributed by atoms with Crippen LogP contribution in [0.3, 0.4) is 0 Å². The van der Waals surface area contributed by atoms with Gasteiger partial charge in [-0.15, -0.1) is 0 Å². The molecule has 0 spiro atoms. The average molecular weight is 388 g/mol. The van der Waals surface area contributed by atoms with Crippen molar-refractivity contribution in [3.63, 3.8) is 0 Å². The van der Waals surface area contributed by atoms with Crippen LogP contribution in [0.5, 0.6) is 0 Å². The van der Waals surface area contributed by atoms with E-state index in [0.717, 1.165) is 32.2 Å². The van der Waals surface area contributed by atoms with Crippen molar-refractivity contribution >= 4 is 0 Å². The van der Waals surface area contributed by atoms with Gasteiger partial charge in [-0.05, 0) is 43.0 Å². The number of nitrogens with one attached hydrogen (secondary N) is 1. The lowest BCUT2D eigenvalue weighted by atomic mass is 9.68. The van der Waals surface area contributed by atoms with Crippen LogP contribution < -0.4 is 5.32 Å². The molecule has 5 rings (SSSR count). The maximum absolute atomic E-state index is 14.3. The van der Waals surface area contributed by atoms with E-state index in [1.54, 1.807) is 6.07 Å². The summed E-state index contributed by atoms with van der Waals surface area (Å²) < 4.78 is 19.7. The molecule has 6 heteroatoms. The fourth-order valence-electron chi connectivity index (χ4n) is 4.21. The van der Waals surface area contributed by atoms with Gasteiger partial charge in [0, 0.05) is 23.9 Å². The molecule has 0 radical (unpaired) electrons. The third-order valence-corrected chi connectivity index (χ3v) is 6.26. The molecule has 2 atom stereocenters. The van der Waals surface area contributed by atoms with Crippen molar-refractivity contribution in [3.05, 3.63) is 71.3 Å². The lowest BCUT2D eigenvalue weighted by Crippen LogP contribution is -2.45. The first-order chi connectivity index (χ1) is 14.2. The molecule has 0 aliphatic heterocycles. The second-order valence-corrected chi connectivity index (χ2v) is 8.10. The smallest absolute Gasteiger partial charge is 0.260 e. The van der Waals surface area contributed by atoms with Gasteiger partial charge in [-0.3, -0.25) is 0 Å². The van der Waals surface area contributed by atoms with Crippen LogP contribution in [0, 0.1) is 17.1 Å². The topological polar surface area (TPSA) is 74.7 Å². The van der Waals surface area contributed by atoms with Crippen LogP contribution in [-0.4, -0.2) is 22.7 Å². The minimum Gasteiger partial charge on any atom is -0.334 e. The third kappa shape index (κ3) is 3.32. The summed E-state index contributed by atoms with van der Waals surface area (Å²) in [4.78, 5) is 4.53. The van der Waals surface area contributed by atoms with Gasteiger partial charge in [-0.1, -0.05) is 41.9 Å². The molecule has 2 aromatic carbocycles. The normalized spacial score (nSPS) is 21.9. The van der Waals surface area contributed by atoms with Gasteiger partial charge < -0.3 is 9.84 Å². The zero-order chi connectivity index (χ0) is 19.8. The molecule has 2 fully saturated rings. The first-order valence-corrected chi connectivity index (χ1v) is 10.0. The number of hydrogen-bond donors (Lipinski definition) is 1. The molecular weight excluding hydrogens is 367 g/mol. The summed E-state index contributed by atoms with van der Waals surface area (Å²) in [6.07, 6.45) is 4.27. The van der Waals surface area contributed by atoms with Gasteiger partial charge in [-0.2, -0.15) is 10.2 Å². The summed E-state index contributed by atoms with van der Waals surface area (Å²) in [7, 11) is 0. The second-order valence-electron chi connectivity index (χ2n) is 8.10. The standard InChI is InChI=1S/C23H21FN4O/c24-19-11-15(13-25)7-8-17(19)21-27-22(28-29-21)23(9-4-10-23)14-26-20-12-18(20)16-5-2-1-3-6-16/h1-3,5-8,11,18,20,26H,4,9-10,12,14H2/t18-,20?/m1/s1. The van der Waals surface area contributed by atoms with Gasteiger partial charge in [0.25, 0.3) is 5.89 Å². The Kier molecular flexibility index (Phi) is 4.40. The molecule has 2 saturated carbocycles. The van der Waals surface area contributed by atoms with Crippen LogP contribution in [0.4, 0.5) is 4.39 Å². The van der Waals surface area contributed by atoms with E-state index < -0.39 is 5.82 Å². The van der Waals surface area contributed by atoms with Crippen LogP contribution >= 0.6 is 0 Å². The Morgan fingerprint density at radius 3 is 2.72 bits per heavy atom. The first kappa shape index (κ1) is 18.0. The van der Waals surface area contributed by atoms with Crippen molar-refractivity contribution in [2.45, 2.75) is 43.1 Å². The first-order valence-electron chi connectivity index (χ1n) is 10.0. The number of rotatable bonds is 6. The van der Waals surface area contributed by atoms with Crippen LogP contribution in [0.15, 0.2) is 53.1 Å². The minimum absolute atomic E-state index is 0.144. The molecule has 3 aromatic rings. The summed E-state index contributed by atoms with van der Waals surface area (Å²) in [5, 5.41) is 16.8. The van der Waals surface area contributed by atoms with Crippen molar-refractivity contribution in [1.29, 1.82) is 5.26 Å². The largest absolute Gasteiger partial charge is 0.334 e. The molecule has 0 amide bonds. The molecule has 1 unspecified atom stereocenters. The van der Waals surface area contributed by atoms with Gasteiger partial charge in [0.15, 0.2) is 5.82 Å². The van der Waals surface area contributed by atoms with Crippen molar-refractivity contribution < 1.29 is 8.91 Å². The Morgan fingerprint density at radius 1 is 1.21 bits per heavy atom. The Bertz CT molecular complexity index is 1070. The van der Waals surface area contributed by atoms with Gasteiger partial charge in [0.2, 0.25) is 0 Å². The van der Waals surface area contributed by atoms with E-state index in [0.29, 0.717) is 17.8 Å². The number of nitriles is 1. The van der Waals surface area contributed by atoms with Crippen LogP contribution in [0.25, 0.3) is 11.5 Å². The molecule has 1 N–H and O–H groups in total. The quantitative estimate of drug-likeness (QED) is 0.681. The Labute approximate surface area is 168 Å². The predicted molar refractivity (Wildman–Crippen MR) is 106 cm³/mol. The van der Waals surface area contributed by atoms with Gasteiger partial charge in [-0.25, -0.2) is 4.39 Å². The molecule has 2 aliphatic rings. The van der Waals surface area contributed by atoms with Crippen molar-refractivity contribution in [3.8, 4) is 17.5 Å². The van der Waals surface area contributed by atoms with E-state index in [1.807, 2.05) is 12.1 Å². The molecule has 0 saturated heterocycles. The molecule has 2 aliphatic carbocycles. The van der Waals surface area contributed by atoms with E-state index >= 15 is 0 Å². The summed E-state index contributed by atoms with van der Waals surface area (Å²) >= 11 is 0. The van der Waals surface area contributed by atoms with Crippen molar-refractivity contribution in [1.82, 2.24) is 15.5 Å². The number of aromatic nitrogens is 2. The van der Waals surface area contributed by atoms with Crippen LogP contribution in [0.2, 0.25) is 0 Å². The SMILES string of the molecule is N#Cc1ccc(-c2nc(C3(CNC4C[C@@H]4c4ccccc4)CCC3)no2)c(F)c1. The summed E-state index contributed by atoms with van der Waals surface area (Å²) in [5.74, 6) is 0.861. The highest BCUT2D eigenvalue weighted by atomic mass is 19.1. The van der Waals surface area contributed by atoms with E-state index in [4.69, 9.17) is 9.78 Å². The highest BCUT2D eigenvalue weighted by Crippen LogP contribution is 2.45. The van der Waals surface area contributed by atoms with Gasteiger partial charge >= 0.3 is 0 Å². The molecule has 29 heavy (non-hydrogen) atoms. The molecule has 5 nitrogen and oxygen atoms in total. The van der Waals surface area contributed by atoms with Crippen LogP contribution in [0.1, 0.15) is 48.6 Å². The van der Waals surface area contributed by atoms with E-state index in [1.165, 1.54) is 17.7 Å². The maximum atomic E-state index is 14.3. The molecule has 0 bridgehead atoms. The second kappa shape index (κ2) is 7.09. The van der Waals surface area contributed by atoms with Crippen LogP contribution in [-0.2, 0) is 5.41 Å². The zero-order valence-corrected chi connectivity index (χ0v) is 15.9. The number of benzene rings is 2. The van der Waals surface area contributed by atoms with E-state index in [9.17, 15) is 4.39 Å². The fraction of sp³-hybridized carbons (Fsp3) is 0.348. The minimum atomic E-state index is -0.524. The van der Waals surface area contributed by atoms with E-state index in [2.05, 4.69) is 39.7 Å². The third-order valence-electron chi connectivity index (χ3n) is 6.26. The van der Waals surface area contributed by atoms with Crippen molar-refractivity contribution in [2.24, 2.45) is 0 Å². The molecule has 1 aromatic heterocycles. The predicted octanol–water partition coefficient (Wildman–Crippen LogP) is 4.31. The monoisotopic (exact) mass is 388 g/mol. The fourth-order valence-corrected chi connectivity index (χ4v) is 4.21. The van der Waals surface area contributed by atoms with Gasteiger partial charge in [0.1, 0.15) is 5.82 Å². The summed E-state index contributed by atoms with van der Waals surface area (Å²) in [6, 6.07) is 17.3. The van der Waals surface area contributed by atoms with Gasteiger partial charge in [0.05, 0.1) is 17.2 Å². The lowest BCUT2D eigenvalue weighted by Gasteiger charge is -2.39. The number of nitrogens with zero attached hydrogens (tertiary/aromatic N) is 3. The summed E-state index contributed by atoms with van der Waals surface area (Å²) in [6.45, 7) is 0.801. The van der Waals surface area contributed by atoms with E-state index in [-0.39, 0.29) is 22.4 Å². The van der Waals surface area contributed by atoms with Crippen molar-refractivity contribution in [2.75, 3.05) is 6.54 Å². The highest BCUT2D eigenvalue weighted by Gasteiger charge is 2.46. The average Bonchev–Trinajstić information content (AvgIpc) is 3.34.